The van der Waals surface area contributed by atoms with Crippen LogP contribution in [0.3, 0.4) is 0 Å². The predicted molar refractivity (Wildman–Crippen MR) is 122 cm³/mol. The van der Waals surface area contributed by atoms with E-state index in [2.05, 4.69) is 21.0 Å². The van der Waals surface area contributed by atoms with Crippen LogP contribution >= 0.6 is 0 Å². The third-order valence-electron chi connectivity index (χ3n) is 4.68. The van der Waals surface area contributed by atoms with Gasteiger partial charge in [-0.1, -0.05) is 12.1 Å². The molecule has 166 valence electrons. The van der Waals surface area contributed by atoms with Gasteiger partial charge in [0.1, 0.15) is 6.54 Å². The van der Waals surface area contributed by atoms with Gasteiger partial charge in [0.25, 0.3) is 11.8 Å². The molecule has 9 heteroatoms. The van der Waals surface area contributed by atoms with Crippen LogP contribution in [0.15, 0.2) is 89.8 Å². The van der Waals surface area contributed by atoms with Gasteiger partial charge in [-0.3, -0.25) is 19.1 Å². The number of carbonyl (C=O) groups is 3. The van der Waals surface area contributed by atoms with E-state index in [0.29, 0.717) is 23.5 Å². The first-order valence-electron chi connectivity index (χ1n) is 10.2. The summed E-state index contributed by atoms with van der Waals surface area (Å²) < 4.78 is 6.59. The molecule has 0 saturated heterocycles. The fourth-order valence-corrected chi connectivity index (χ4v) is 3.09. The van der Waals surface area contributed by atoms with Crippen LogP contribution in [0.2, 0.25) is 0 Å². The summed E-state index contributed by atoms with van der Waals surface area (Å²) in [7, 11) is 0. The molecule has 4 aromatic rings. The average molecular weight is 443 g/mol. The minimum absolute atomic E-state index is 0.117. The van der Waals surface area contributed by atoms with E-state index >= 15 is 0 Å². The molecule has 9 nitrogen and oxygen atoms in total. The molecule has 2 heterocycles. The van der Waals surface area contributed by atoms with Crippen molar-refractivity contribution in [1.82, 2.24) is 15.1 Å². The number of carbonyl (C=O) groups excluding carboxylic acids is 3. The molecule has 0 aliphatic heterocycles. The van der Waals surface area contributed by atoms with Gasteiger partial charge >= 0.3 is 0 Å². The van der Waals surface area contributed by atoms with Gasteiger partial charge in [0, 0.05) is 35.9 Å². The van der Waals surface area contributed by atoms with E-state index in [0.717, 1.165) is 5.56 Å². The fourth-order valence-electron chi connectivity index (χ4n) is 3.09. The van der Waals surface area contributed by atoms with Crippen LogP contribution in [0.5, 0.6) is 0 Å². The second-order valence-corrected chi connectivity index (χ2v) is 7.14. The summed E-state index contributed by atoms with van der Waals surface area (Å²) in [4.78, 5) is 36.6. The van der Waals surface area contributed by atoms with E-state index in [9.17, 15) is 14.4 Å². The fraction of sp³-hybridized carbons (Fsp3) is 0.0833. The first kappa shape index (κ1) is 21.6. The van der Waals surface area contributed by atoms with Crippen LogP contribution in [-0.2, 0) is 17.9 Å². The smallest absolute Gasteiger partial charge is 0.291 e. The predicted octanol–water partition coefficient (Wildman–Crippen LogP) is 3.30. The molecule has 33 heavy (non-hydrogen) atoms. The number of aromatic nitrogens is 2. The maximum absolute atomic E-state index is 12.5. The van der Waals surface area contributed by atoms with Crippen molar-refractivity contribution in [2.45, 2.75) is 13.1 Å². The van der Waals surface area contributed by atoms with Crippen molar-refractivity contribution < 1.29 is 18.8 Å². The van der Waals surface area contributed by atoms with Crippen LogP contribution in [0.25, 0.3) is 0 Å². The Morgan fingerprint density at radius 3 is 2.45 bits per heavy atom. The third-order valence-corrected chi connectivity index (χ3v) is 4.68. The number of hydrogen-bond donors (Lipinski definition) is 3. The van der Waals surface area contributed by atoms with E-state index < -0.39 is 0 Å². The number of amides is 3. The monoisotopic (exact) mass is 443 g/mol. The summed E-state index contributed by atoms with van der Waals surface area (Å²) in [5.41, 5.74) is 2.47. The summed E-state index contributed by atoms with van der Waals surface area (Å²) >= 11 is 0. The van der Waals surface area contributed by atoms with Gasteiger partial charge in [0.2, 0.25) is 5.91 Å². The molecular formula is C24H21N5O4. The maximum atomic E-state index is 12.5. The topological polar surface area (TPSA) is 118 Å². The summed E-state index contributed by atoms with van der Waals surface area (Å²) in [5, 5.41) is 12.4. The number of nitrogens with one attached hydrogen (secondary N) is 3. The van der Waals surface area contributed by atoms with Crippen LogP contribution in [0, 0.1) is 0 Å². The zero-order valence-corrected chi connectivity index (χ0v) is 17.5. The number of benzene rings is 2. The highest BCUT2D eigenvalue weighted by Crippen LogP contribution is 2.13. The van der Waals surface area contributed by atoms with E-state index in [4.69, 9.17) is 4.42 Å². The third kappa shape index (κ3) is 5.95. The number of rotatable bonds is 8. The second kappa shape index (κ2) is 10.1. The van der Waals surface area contributed by atoms with Crippen LogP contribution in [-0.4, -0.2) is 27.5 Å². The Morgan fingerprint density at radius 1 is 0.879 bits per heavy atom. The summed E-state index contributed by atoms with van der Waals surface area (Å²) in [5.74, 6) is -0.614. The van der Waals surface area contributed by atoms with Gasteiger partial charge in [0.15, 0.2) is 5.76 Å². The van der Waals surface area contributed by atoms with Crippen LogP contribution < -0.4 is 16.0 Å². The van der Waals surface area contributed by atoms with Crippen molar-refractivity contribution >= 4 is 29.1 Å². The minimum atomic E-state index is -0.367. The minimum Gasteiger partial charge on any atom is -0.459 e. The molecule has 0 radical (unpaired) electrons. The molecule has 4 rings (SSSR count). The Bertz CT molecular complexity index is 1230. The first-order valence-corrected chi connectivity index (χ1v) is 10.2. The zero-order chi connectivity index (χ0) is 23.0. The summed E-state index contributed by atoms with van der Waals surface area (Å²) in [6.07, 6.45) is 4.75. The molecule has 3 N–H and O–H groups in total. The maximum Gasteiger partial charge on any atom is 0.291 e. The Morgan fingerprint density at radius 2 is 1.73 bits per heavy atom. The molecule has 2 aromatic heterocycles. The lowest BCUT2D eigenvalue weighted by molar-refractivity contribution is -0.116. The first-order chi connectivity index (χ1) is 16.1. The van der Waals surface area contributed by atoms with Gasteiger partial charge < -0.3 is 20.4 Å². The van der Waals surface area contributed by atoms with Crippen molar-refractivity contribution in [3.63, 3.8) is 0 Å². The molecular weight excluding hydrogens is 422 g/mol. The Hall–Kier alpha value is -4.66. The lowest BCUT2D eigenvalue weighted by atomic mass is 10.1. The number of nitrogens with zero attached hydrogens (tertiary/aromatic N) is 2. The largest absolute Gasteiger partial charge is 0.459 e. The van der Waals surface area contributed by atoms with Gasteiger partial charge in [-0.15, -0.1) is 0 Å². The quantitative estimate of drug-likeness (QED) is 0.386. The summed E-state index contributed by atoms with van der Waals surface area (Å²) in [6, 6.07) is 18.7. The van der Waals surface area contributed by atoms with E-state index in [-0.39, 0.29) is 30.0 Å². The lowest BCUT2D eigenvalue weighted by Crippen LogP contribution is -2.23. The molecule has 0 aliphatic carbocycles. The molecule has 0 fully saturated rings. The molecule has 0 unspecified atom stereocenters. The second-order valence-electron chi connectivity index (χ2n) is 7.14. The Balaban J connectivity index is 1.29. The average Bonchev–Trinajstić information content (AvgIpc) is 3.53. The highest BCUT2D eigenvalue weighted by atomic mass is 16.3. The lowest BCUT2D eigenvalue weighted by Gasteiger charge is -2.09. The standard InChI is InChI=1S/C24H21N5O4/c30-22(16-29-12-3-11-26-29)27-20-5-1-4-17(14-20)15-25-23(31)18-7-9-19(10-8-18)28-24(32)21-6-2-13-33-21/h1-14H,15-16H2,(H,25,31)(H,27,30)(H,28,32). The van der Waals surface area contributed by atoms with Crippen molar-refractivity contribution in [2.75, 3.05) is 10.6 Å². The van der Waals surface area contributed by atoms with Gasteiger partial charge in [0.05, 0.1) is 6.26 Å². The highest BCUT2D eigenvalue weighted by molar-refractivity contribution is 6.02. The van der Waals surface area contributed by atoms with Crippen molar-refractivity contribution in [1.29, 1.82) is 0 Å². The Kier molecular flexibility index (Phi) is 6.60. The van der Waals surface area contributed by atoms with Crippen LogP contribution in [0.4, 0.5) is 11.4 Å². The van der Waals surface area contributed by atoms with E-state index in [1.807, 2.05) is 12.1 Å². The van der Waals surface area contributed by atoms with E-state index in [1.54, 1.807) is 67.0 Å². The van der Waals surface area contributed by atoms with Gasteiger partial charge in [-0.05, 0) is 60.2 Å². The zero-order valence-electron chi connectivity index (χ0n) is 17.5. The normalized spacial score (nSPS) is 10.4. The number of hydrogen-bond acceptors (Lipinski definition) is 5. The van der Waals surface area contributed by atoms with Crippen molar-refractivity contribution in [3.05, 3.63) is 102 Å². The van der Waals surface area contributed by atoms with E-state index in [1.165, 1.54) is 10.9 Å². The molecule has 0 atom stereocenters. The molecule has 2 aromatic carbocycles. The molecule has 3 amide bonds. The van der Waals surface area contributed by atoms with Crippen molar-refractivity contribution in [2.24, 2.45) is 0 Å². The van der Waals surface area contributed by atoms with Gasteiger partial charge in [-0.25, -0.2) is 0 Å². The van der Waals surface area contributed by atoms with Crippen LogP contribution in [0.1, 0.15) is 26.5 Å². The highest BCUT2D eigenvalue weighted by Gasteiger charge is 2.10. The number of furan rings is 1. The molecule has 0 spiro atoms. The summed E-state index contributed by atoms with van der Waals surface area (Å²) in [6.45, 7) is 0.407. The molecule has 0 aliphatic rings. The number of anilines is 2. The SMILES string of the molecule is O=C(Cn1cccn1)Nc1cccc(CNC(=O)c2ccc(NC(=O)c3ccco3)cc2)c1. The molecule has 0 saturated carbocycles. The van der Waals surface area contributed by atoms with Gasteiger partial charge in [-0.2, -0.15) is 5.10 Å². The van der Waals surface area contributed by atoms with Crippen molar-refractivity contribution in [3.8, 4) is 0 Å². The molecule has 0 bridgehead atoms. The Labute approximate surface area is 189 Å².